The number of nitrogens with zero attached hydrogens (tertiary/aromatic N) is 1. The zero-order valence-corrected chi connectivity index (χ0v) is 12.0. The molecule has 0 bridgehead atoms. The monoisotopic (exact) mass is 316 g/mol. The quantitative estimate of drug-likeness (QED) is 0.624. The average Bonchev–Trinajstić information content (AvgIpc) is 2.31. The zero-order chi connectivity index (χ0) is 13.7. The predicted octanol–water partition coefficient (Wildman–Crippen LogP) is 2.46. The van der Waals surface area contributed by atoms with Gasteiger partial charge in [0.15, 0.2) is 0 Å². The van der Waals surface area contributed by atoms with Gasteiger partial charge in [-0.05, 0) is 33.5 Å². The Morgan fingerprint density at radius 1 is 1.50 bits per heavy atom. The summed E-state index contributed by atoms with van der Waals surface area (Å²) in [4.78, 5) is 10.4. The Kier molecular flexibility index (Phi) is 5.71. The summed E-state index contributed by atoms with van der Waals surface area (Å²) in [5.74, 6) is 0.306. The summed E-state index contributed by atoms with van der Waals surface area (Å²) in [6, 6.07) is 5.01. The van der Waals surface area contributed by atoms with E-state index in [1.165, 1.54) is 6.07 Å². The van der Waals surface area contributed by atoms with Crippen molar-refractivity contribution in [3.63, 3.8) is 0 Å². The number of rotatable bonds is 6. The number of nitro groups is 1. The molecule has 6 heteroatoms. The zero-order valence-electron chi connectivity index (χ0n) is 10.4. The number of hydrogen-bond donors (Lipinski definition) is 2. The van der Waals surface area contributed by atoms with Gasteiger partial charge >= 0.3 is 0 Å². The molecule has 18 heavy (non-hydrogen) atoms. The molecule has 1 aromatic carbocycles. The number of hydrogen-bond acceptors (Lipinski definition) is 4. The molecule has 0 saturated carbocycles. The Bertz CT molecular complexity index is 424. The Morgan fingerprint density at radius 3 is 2.67 bits per heavy atom. The van der Waals surface area contributed by atoms with Crippen molar-refractivity contribution in [3.8, 4) is 0 Å². The van der Waals surface area contributed by atoms with Gasteiger partial charge in [0.25, 0.3) is 5.69 Å². The van der Waals surface area contributed by atoms with Gasteiger partial charge in [0.2, 0.25) is 0 Å². The minimum Gasteiger partial charge on any atom is -0.395 e. The van der Waals surface area contributed by atoms with Crippen LogP contribution in [-0.2, 0) is 6.54 Å². The van der Waals surface area contributed by atoms with Gasteiger partial charge in [-0.2, -0.15) is 0 Å². The molecule has 0 unspecified atom stereocenters. The maximum atomic E-state index is 10.8. The van der Waals surface area contributed by atoms with E-state index in [1.54, 1.807) is 6.07 Å². The number of halogens is 1. The molecule has 0 spiro atoms. The van der Waals surface area contributed by atoms with Gasteiger partial charge in [-0.15, -0.1) is 0 Å². The molecule has 0 aromatic heterocycles. The lowest BCUT2D eigenvalue weighted by molar-refractivity contribution is -0.385. The van der Waals surface area contributed by atoms with Crippen molar-refractivity contribution >= 4 is 21.6 Å². The molecule has 1 atom stereocenters. The van der Waals surface area contributed by atoms with E-state index in [0.29, 0.717) is 16.9 Å². The van der Waals surface area contributed by atoms with Crippen LogP contribution in [0.3, 0.4) is 0 Å². The van der Waals surface area contributed by atoms with Gasteiger partial charge in [-0.3, -0.25) is 10.1 Å². The number of nitrogens with one attached hydrogen (secondary N) is 1. The van der Waals surface area contributed by atoms with Crippen LogP contribution >= 0.6 is 15.9 Å². The molecule has 1 rings (SSSR count). The highest BCUT2D eigenvalue weighted by Crippen LogP contribution is 2.25. The second-order valence-corrected chi connectivity index (χ2v) is 5.31. The van der Waals surface area contributed by atoms with E-state index >= 15 is 0 Å². The van der Waals surface area contributed by atoms with Crippen LogP contribution in [0.25, 0.3) is 0 Å². The van der Waals surface area contributed by atoms with Gasteiger partial charge in [0, 0.05) is 18.7 Å². The molecule has 5 nitrogen and oxygen atoms in total. The molecule has 0 saturated heterocycles. The smallest absolute Gasteiger partial charge is 0.283 e. The number of nitro benzene ring substituents is 1. The molecule has 0 aliphatic heterocycles. The highest BCUT2D eigenvalue weighted by molar-refractivity contribution is 9.10. The first-order chi connectivity index (χ1) is 8.45. The van der Waals surface area contributed by atoms with Crippen molar-refractivity contribution in [3.05, 3.63) is 38.3 Å². The molecule has 0 aliphatic carbocycles. The molecule has 0 heterocycles. The molecule has 0 aliphatic rings. The standard InChI is InChI=1S/C12H17BrN2O3/c1-8(2)11(7-16)14-6-9-3-4-10(13)12(5-9)15(17)18/h3-5,8,11,14,16H,6-7H2,1-2H3/t11-/m1/s1. The SMILES string of the molecule is CC(C)[C@@H](CO)NCc1ccc(Br)c([N+](=O)[O-])c1. The first kappa shape index (κ1) is 15.1. The van der Waals surface area contributed by atoms with Crippen molar-refractivity contribution in [1.29, 1.82) is 0 Å². The van der Waals surface area contributed by atoms with Crippen molar-refractivity contribution < 1.29 is 10.0 Å². The summed E-state index contributed by atoms with van der Waals surface area (Å²) in [6.07, 6.45) is 0. The van der Waals surface area contributed by atoms with Crippen LogP contribution in [0.2, 0.25) is 0 Å². The molecular weight excluding hydrogens is 300 g/mol. The second-order valence-electron chi connectivity index (χ2n) is 4.46. The van der Waals surface area contributed by atoms with E-state index in [0.717, 1.165) is 5.56 Å². The summed E-state index contributed by atoms with van der Waals surface area (Å²) < 4.78 is 0.471. The first-order valence-electron chi connectivity index (χ1n) is 5.72. The molecule has 2 N–H and O–H groups in total. The largest absolute Gasteiger partial charge is 0.395 e. The number of aliphatic hydroxyl groups is 1. The molecule has 0 fully saturated rings. The Balaban J connectivity index is 2.74. The molecule has 0 radical (unpaired) electrons. The van der Waals surface area contributed by atoms with Crippen molar-refractivity contribution in [2.75, 3.05) is 6.61 Å². The average molecular weight is 317 g/mol. The Labute approximate surface area is 114 Å². The maximum Gasteiger partial charge on any atom is 0.283 e. The normalized spacial score (nSPS) is 12.7. The van der Waals surface area contributed by atoms with E-state index in [2.05, 4.69) is 21.2 Å². The minimum absolute atomic E-state index is 0.00676. The maximum absolute atomic E-state index is 10.8. The third-order valence-electron chi connectivity index (χ3n) is 2.78. The lowest BCUT2D eigenvalue weighted by Gasteiger charge is -2.19. The summed E-state index contributed by atoms with van der Waals surface area (Å²) in [5, 5.41) is 23.2. The number of aliphatic hydroxyl groups excluding tert-OH is 1. The van der Waals surface area contributed by atoms with Gasteiger partial charge in [0.1, 0.15) is 0 Å². The van der Waals surface area contributed by atoms with Gasteiger partial charge in [-0.25, -0.2) is 0 Å². The van der Waals surface area contributed by atoms with Gasteiger partial charge in [-0.1, -0.05) is 19.9 Å². The van der Waals surface area contributed by atoms with E-state index in [4.69, 9.17) is 0 Å². The highest BCUT2D eigenvalue weighted by Gasteiger charge is 2.14. The minimum atomic E-state index is -0.417. The van der Waals surface area contributed by atoms with Gasteiger partial charge in [0.05, 0.1) is 16.0 Å². The van der Waals surface area contributed by atoms with Gasteiger partial charge < -0.3 is 10.4 Å². The Morgan fingerprint density at radius 2 is 2.17 bits per heavy atom. The van der Waals surface area contributed by atoms with Crippen molar-refractivity contribution in [1.82, 2.24) is 5.32 Å². The molecular formula is C12H17BrN2O3. The fourth-order valence-electron chi connectivity index (χ4n) is 1.57. The summed E-state index contributed by atoms with van der Waals surface area (Å²) in [5.41, 5.74) is 0.878. The fraction of sp³-hybridized carbons (Fsp3) is 0.500. The van der Waals surface area contributed by atoms with Crippen LogP contribution in [0.15, 0.2) is 22.7 Å². The summed E-state index contributed by atoms with van der Waals surface area (Å²) in [6.45, 7) is 4.57. The van der Waals surface area contributed by atoms with Crippen LogP contribution in [0.1, 0.15) is 19.4 Å². The number of benzene rings is 1. The Hall–Kier alpha value is -0.980. The fourth-order valence-corrected chi connectivity index (χ4v) is 1.96. The van der Waals surface area contributed by atoms with Crippen LogP contribution in [0.4, 0.5) is 5.69 Å². The van der Waals surface area contributed by atoms with Crippen molar-refractivity contribution in [2.24, 2.45) is 5.92 Å². The summed E-state index contributed by atoms with van der Waals surface area (Å²) >= 11 is 3.15. The third kappa shape index (κ3) is 4.04. The highest BCUT2D eigenvalue weighted by atomic mass is 79.9. The molecule has 1 aromatic rings. The van der Waals surface area contributed by atoms with Crippen LogP contribution < -0.4 is 5.32 Å². The molecule has 0 amide bonds. The summed E-state index contributed by atoms with van der Waals surface area (Å²) in [7, 11) is 0. The first-order valence-corrected chi connectivity index (χ1v) is 6.52. The lowest BCUT2D eigenvalue weighted by atomic mass is 10.1. The van der Waals surface area contributed by atoms with E-state index < -0.39 is 4.92 Å². The predicted molar refractivity (Wildman–Crippen MR) is 73.3 cm³/mol. The third-order valence-corrected chi connectivity index (χ3v) is 3.45. The van der Waals surface area contributed by atoms with Crippen LogP contribution in [0, 0.1) is 16.0 Å². The second kappa shape index (κ2) is 6.82. The molecule has 100 valence electrons. The van der Waals surface area contributed by atoms with E-state index in [1.807, 2.05) is 19.9 Å². The lowest BCUT2D eigenvalue weighted by Crippen LogP contribution is -2.36. The topological polar surface area (TPSA) is 75.4 Å². The van der Waals surface area contributed by atoms with E-state index in [-0.39, 0.29) is 18.3 Å². The van der Waals surface area contributed by atoms with Crippen molar-refractivity contribution in [2.45, 2.75) is 26.4 Å². The van der Waals surface area contributed by atoms with Crippen LogP contribution in [-0.4, -0.2) is 22.7 Å². The van der Waals surface area contributed by atoms with Crippen LogP contribution in [0.5, 0.6) is 0 Å². The van der Waals surface area contributed by atoms with E-state index in [9.17, 15) is 15.2 Å².